The highest BCUT2D eigenvalue weighted by molar-refractivity contribution is 7.99. The van der Waals surface area contributed by atoms with Crippen molar-refractivity contribution in [3.8, 4) is 11.8 Å². The van der Waals surface area contributed by atoms with E-state index < -0.39 is 0 Å². The van der Waals surface area contributed by atoms with Crippen LogP contribution >= 0.6 is 11.8 Å². The van der Waals surface area contributed by atoms with E-state index in [-0.39, 0.29) is 6.61 Å². The van der Waals surface area contributed by atoms with Gasteiger partial charge in [-0.1, -0.05) is 37.8 Å². The Morgan fingerprint density at radius 1 is 1.31 bits per heavy atom. The van der Waals surface area contributed by atoms with Crippen molar-refractivity contribution < 1.29 is 5.11 Å². The molecule has 1 aromatic carbocycles. The monoisotopic (exact) mass is 234 g/mol. The molecule has 2 heteroatoms. The molecule has 0 heterocycles. The maximum absolute atomic E-state index is 8.58. The first-order chi connectivity index (χ1) is 7.76. The second-order valence-corrected chi connectivity index (χ2v) is 5.11. The quantitative estimate of drug-likeness (QED) is 0.808. The van der Waals surface area contributed by atoms with Gasteiger partial charge in [-0.25, -0.2) is 0 Å². The van der Waals surface area contributed by atoms with Crippen molar-refractivity contribution in [1.29, 1.82) is 0 Å². The number of hydrogen-bond donors (Lipinski definition) is 1. The molecule has 1 nitrogen and oxygen atoms in total. The van der Waals surface area contributed by atoms with E-state index in [9.17, 15) is 0 Å². The molecule has 0 radical (unpaired) electrons. The summed E-state index contributed by atoms with van der Waals surface area (Å²) in [6.07, 6.45) is 1.21. The molecule has 86 valence electrons. The summed E-state index contributed by atoms with van der Waals surface area (Å²) in [5, 5.41) is 9.29. The van der Waals surface area contributed by atoms with Gasteiger partial charge in [-0.15, -0.1) is 0 Å². The highest BCUT2D eigenvalue weighted by atomic mass is 32.2. The lowest BCUT2D eigenvalue weighted by Gasteiger charge is -2.07. The van der Waals surface area contributed by atoms with Crippen LogP contribution in [0.3, 0.4) is 0 Å². The van der Waals surface area contributed by atoms with Crippen molar-refractivity contribution in [1.82, 2.24) is 0 Å². The Balaban J connectivity index is 2.51. The summed E-state index contributed by atoms with van der Waals surface area (Å²) >= 11 is 1.98. The van der Waals surface area contributed by atoms with Crippen LogP contribution in [0.4, 0.5) is 0 Å². The molecule has 1 unspecified atom stereocenters. The van der Waals surface area contributed by atoms with Gasteiger partial charge in [-0.05, 0) is 24.1 Å². The van der Waals surface area contributed by atoms with Crippen molar-refractivity contribution in [2.24, 2.45) is 0 Å². The molecule has 1 aromatic rings. The molecule has 1 atom stereocenters. The van der Waals surface area contributed by atoms with Gasteiger partial charge in [-0.2, -0.15) is 11.8 Å². The smallest absolute Gasteiger partial charge is 0.104 e. The lowest BCUT2D eigenvalue weighted by atomic mass is 10.1. The first-order valence-corrected chi connectivity index (χ1v) is 6.61. The highest BCUT2D eigenvalue weighted by Gasteiger charge is 1.99. The average Bonchev–Trinajstić information content (AvgIpc) is 2.34. The Morgan fingerprint density at radius 2 is 2.00 bits per heavy atom. The fraction of sp³-hybridized carbons (Fsp3) is 0.429. The maximum atomic E-state index is 8.58. The molecule has 0 aliphatic carbocycles. The van der Waals surface area contributed by atoms with Crippen molar-refractivity contribution in [3.63, 3.8) is 0 Å². The Labute approximate surface area is 102 Å². The van der Waals surface area contributed by atoms with Crippen molar-refractivity contribution in [2.45, 2.75) is 31.3 Å². The van der Waals surface area contributed by atoms with Gasteiger partial charge in [0.05, 0.1) is 0 Å². The van der Waals surface area contributed by atoms with E-state index in [1.165, 1.54) is 12.0 Å². The molecule has 0 spiro atoms. The van der Waals surface area contributed by atoms with Crippen LogP contribution in [0.25, 0.3) is 0 Å². The zero-order valence-corrected chi connectivity index (χ0v) is 10.7. The van der Waals surface area contributed by atoms with Gasteiger partial charge in [0.1, 0.15) is 6.61 Å². The van der Waals surface area contributed by atoms with Crippen LogP contribution in [0.5, 0.6) is 0 Å². The van der Waals surface area contributed by atoms with Crippen molar-refractivity contribution in [3.05, 3.63) is 35.4 Å². The van der Waals surface area contributed by atoms with E-state index in [4.69, 9.17) is 5.11 Å². The average molecular weight is 234 g/mol. The van der Waals surface area contributed by atoms with Gasteiger partial charge in [0.25, 0.3) is 0 Å². The van der Waals surface area contributed by atoms with Gasteiger partial charge in [0.15, 0.2) is 0 Å². The minimum absolute atomic E-state index is 0.0778. The zero-order chi connectivity index (χ0) is 11.8. The highest BCUT2D eigenvalue weighted by Crippen LogP contribution is 2.19. The van der Waals surface area contributed by atoms with Gasteiger partial charge < -0.3 is 5.11 Å². The van der Waals surface area contributed by atoms with Crippen LogP contribution in [0, 0.1) is 11.8 Å². The number of aliphatic hydroxyl groups excluding tert-OH is 1. The number of aliphatic hydroxyl groups is 1. The van der Waals surface area contributed by atoms with Crippen LogP contribution in [0.15, 0.2) is 24.3 Å². The lowest BCUT2D eigenvalue weighted by Crippen LogP contribution is -1.93. The Kier molecular flexibility index (Phi) is 6.07. The first-order valence-electron chi connectivity index (χ1n) is 5.56. The molecule has 0 aromatic heterocycles. The van der Waals surface area contributed by atoms with E-state index in [0.29, 0.717) is 5.25 Å². The Bertz CT molecular complexity index is 359. The van der Waals surface area contributed by atoms with Crippen LogP contribution < -0.4 is 0 Å². The summed E-state index contributed by atoms with van der Waals surface area (Å²) in [5.41, 5.74) is 2.30. The summed E-state index contributed by atoms with van der Waals surface area (Å²) in [7, 11) is 0. The van der Waals surface area contributed by atoms with Gasteiger partial charge >= 0.3 is 0 Å². The Morgan fingerprint density at radius 3 is 2.56 bits per heavy atom. The number of benzene rings is 1. The van der Waals surface area contributed by atoms with Gasteiger partial charge in [0.2, 0.25) is 0 Å². The normalized spacial score (nSPS) is 11.7. The van der Waals surface area contributed by atoms with Gasteiger partial charge in [-0.3, -0.25) is 0 Å². The van der Waals surface area contributed by atoms with E-state index >= 15 is 0 Å². The predicted octanol–water partition coefficient (Wildman–Crippen LogP) is 3.06. The number of hydrogen-bond acceptors (Lipinski definition) is 2. The third kappa shape index (κ3) is 4.74. The molecule has 0 amide bonds. The van der Waals surface area contributed by atoms with Crippen LogP contribution in [0.1, 0.15) is 31.4 Å². The Hall–Kier alpha value is -0.910. The summed E-state index contributed by atoms with van der Waals surface area (Å²) in [6.45, 7) is 4.39. The van der Waals surface area contributed by atoms with E-state index in [0.717, 1.165) is 11.3 Å². The van der Waals surface area contributed by atoms with Crippen molar-refractivity contribution >= 4 is 11.8 Å². The molecule has 0 aliphatic rings. The molecule has 0 saturated heterocycles. The SMILES string of the molecule is CCC(C)SCc1ccc(C#CCO)cc1. The topological polar surface area (TPSA) is 20.2 Å². The van der Waals surface area contributed by atoms with Gasteiger partial charge in [0, 0.05) is 16.6 Å². The van der Waals surface area contributed by atoms with Crippen LogP contribution in [-0.2, 0) is 5.75 Å². The maximum Gasteiger partial charge on any atom is 0.104 e. The largest absolute Gasteiger partial charge is 0.384 e. The minimum atomic E-state index is -0.0778. The summed E-state index contributed by atoms with van der Waals surface area (Å²) in [5.74, 6) is 6.59. The standard InChI is InChI=1S/C14H18OS/c1-3-12(2)16-11-14-8-6-13(7-9-14)5-4-10-15/h6-9,12,15H,3,10-11H2,1-2H3. The number of thioether (sulfide) groups is 1. The second-order valence-electron chi connectivity index (χ2n) is 3.69. The van der Waals surface area contributed by atoms with Crippen molar-refractivity contribution in [2.75, 3.05) is 6.61 Å². The molecule has 0 saturated carbocycles. The minimum Gasteiger partial charge on any atom is -0.384 e. The molecule has 0 fully saturated rings. The van der Waals surface area contributed by atoms with Crippen LogP contribution in [-0.4, -0.2) is 17.0 Å². The van der Waals surface area contributed by atoms with E-state index in [1.54, 1.807) is 0 Å². The van der Waals surface area contributed by atoms with E-state index in [1.807, 2.05) is 23.9 Å². The third-order valence-corrected chi connectivity index (χ3v) is 3.78. The second kappa shape index (κ2) is 7.38. The number of rotatable bonds is 4. The zero-order valence-electron chi connectivity index (χ0n) is 9.86. The summed E-state index contributed by atoms with van der Waals surface area (Å²) < 4.78 is 0. The molecule has 0 bridgehead atoms. The summed E-state index contributed by atoms with van der Waals surface area (Å²) in [4.78, 5) is 0. The predicted molar refractivity (Wildman–Crippen MR) is 71.5 cm³/mol. The fourth-order valence-electron chi connectivity index (χ4n) is 1.18. The third-order valence-electron chi connectivity index (χ3n) is 2.38. The molecule has 1 N–H and O–H groups in total. The molecular weight excluding hydrogens is 216 g/mol. The fourth-order valence-corrected chi connectivity index (χ4v) is 2.09. The van der Waals surface area contributed by atoms with Crippen LogP contribution in [0.2, 0.25) is 0 Å². The molecule has 16 heavy (non-hydrogen) atoms. The lowest BCUT2D eigenvalue weighted by molar-refractivity contribution is 0.350. The summed E-state index contributed by atoms with van der Waals surface area (Å²) in [6, 6.07) is 8.23. The first kappa shape index (κ1) is 13.2. The molecule has 1 rings (SSSR count). The molecule has 0 aliphatic heterocycles. The molecular formula is C14H18OS. The van der Waals surface area contributed by atoms with E-state index in [2.05, 4.69) is 37.8 Å².